The van der Waals surface area contributed by atoms with Gasteiger partial charge >= 0.3 is 6.03 Å². The van der Waals surface area contributed by atoms with Gasteiger partial charge in [0.1, 0.15) is 0 Å². The lowest BCUT2D eigenvalue weighted by molar-refractivity contribution is 0.0564. The molecule has 3 heterocycles. The normalized spacial score (nSPS) is 16.7. The van der Waals surface area contributed by atoms with Crippen LogP contribution in [0.25, 0.3) is 23.1 Å². The molecule has 1 aromatic heterocycles. The molecule has 0 unspecified atom stereocenters. The summed E-state index contributed by atoms with van der Waals surface area (Å²) in [5.41, 5.74) is 4.54. The first-order valence-corrected chi connectivity index (χ1v) is 13.9. The lowest BCUT2D eigenvalue weighted by atomic mass is 10.1. The lowest BCUT2D eigenvalue weighted by Gasteiger charge is -2.26. The van der Waals surface area contributed by atoms with Gasteiger partial charge in [0.15, 0.2) is 0 Å². The number of nitrogens with one attached hydrogen (secondary N) is 3. The number of fused-ring (bicyclic) bond motifs is 1. The van der Waals surface area contributed by atoms with E-state index in [4.69, 9.17) is 4.74 Å². The third-order valence-electron chi connectivity index (χ3n) is 6.32. The third kappa shape index (κ3) is 5.63. The van der Waals surface area contributed by atoms with E-state index in [1.165, 1.54) is 0 Å². The number of benzene rings is 2. The van der Waals surface area contributed by atoms with Crippen LogP contribution in [0.2, 0.25) is 0 Å². The molecular formula is C25H30N6O4S. The van der Waals surface area contributed by atoms with Crippen molar-refractivity contribution in [3.63, 3.8) is 0 Å². The van der Waals surface area contributed by atoms with E-state index in [1.807, 2.05) is 48.6 Å². The Morgan fingerprint density at radius 3 is 2.61 bits per heavy atom. The number of aromatic nitrogens is 2. The summed E-state index contributed by atoms with van der Waals surface area (Å²) in [5.74, 6) is 0. The minimum atomic E-state index is -3.44. The highest BCUT2D eigenvalue weighted by Crippen LogP contribution is 2.35. The van der Waals surface area contributed by atoms with Gasteiger partial charge in [-0.2, -0.15) is 5.10 Å². The number of ether oxygens (including phenoxy) is 1. The number of amides is 2. The standard InChI is InChI=1S/C25H30N6O4S/c1-36(33,34)29-23-16-20-21(27-28-22(20)17-24(23)30-9-2-3-10-30)8-7-18-5-4-6-19(15-18)26-25(32)31-11-13-35-14-12-31/h4-8,15-17,29H,2-3,9-14H2,1H3,(H,26,32)(H,27,28)/b8-7+. The van der Waals surface area contributed by atoms with E-state index in [1.54, 1.807) is 4.90 Å². The van der Waals surface area contributed by atoms with E-state index >= 15 is 0 Å². The Bertz CT molecular complexity index is 1390. The summed E-state index contributed by atoms with van der Waals surface area (Å²) in [4.78, 5) is 16.4. The number of nitrogens with zero attached hydrogens (tertiary/aromatic N) is 3. The van der Waals surface area contributed by atoms with E-state index < -0.39 is 10.0 Å². The fourth-order valence-electron chi connectivity index (χ4n) is 4.57. The zero-order valence-electron chi connectivity index (χ0n) is 20.2. The molecule has 2 aliphatic heterocycles. The minimum absolute atomic E-state index is 0.141. The summed E-state index contributed by atoms with van der Waals surface area (Å²) in [5, 5.41) is 11.3. The molecule has 0 aliphatic carbocycles. The molecule has 0 bridgehead atoms. The van der Waals surface area contributed by atoms with Crippen molar-refractivity contribution in [2.75, 3.05) is 60.6 Å². The molecule has 2 saturated heterocycles. The monoisotopic (exact) mass is 510 g/mol. The average Bonchev–Trinajstić information content (AvgIpc) is 3.52. The SMILES string of the molecule is CS(=O)(=O)Nc1cc2c(/C=C/c3cccc(NC(=O)N4CCOCC4)c3)n[nH]c2cc1N1CCCC1. The molecule has 190 valence electrons. The Morgan fingerprint density at radius 2 is 1.86 bits per heavy atom. The second-order valence-electron chi connectivity index (χ2n) is 9.08. The first kappa shape index (κ1) is 24.1. The van der Waals surface area contributed by atoms with E-state index in [2.05, 4.69) is 25.1 Å². The highest BCUT2D eigenvalue weighted by atomic mass is 32.2. The van der Waals surface area contributed by atoms with Crippen molar-refractivity contribution in [3.8, 4) is 0 Å². The van der Waals surface area contributed by atoms with Crippen molar-refractivity contribution in [1.29, 1.82) is 0 Å². The summed E-state index contributed by atoms with van der Waals surface area (Å²) >= 11 is 0. The van der Waals surface area contributed by atoms with Crippen molar-refractivity contribution in [2.45, 2.75) is 12.8 Å². The van der Waals surface area contributed by atoms with Gasteiger partial charge in [0.2, 0.25) is 10.0 Å². The van der Waals surface area contributed by atoms with Gasteiger partial charge in [-0.05, 0) is 48.7 Å². The van der Waals surface area contributed by atoms with Crippen LogP contribution in [0.15, 0.2) is 36.4 Å². The smallest absolute Gasteiger partial charge is 0.321 e. The summed E-state index contributed by atoms with van der Waals surface area (Å²) in [6.07, 6.45) is 7.12. The molecule has 2 amide bonds. The number of carbonyl (C=O) groups excluding carboxylic acids is 1. The lowest BCUT2D eigenvalue weighted by Crippen LogP contribution is -2.43. The van der Waals surface area contributed by atoms with Crippen molar-refractivity contribution in [2.24, 2.45) is 0 Å². The van der Waals surface area contributed by atoms with Gasteiger partial charge in [-0.3, -0.25) is 9.82 Å². The summed E-state index contributed by atoms with van der Waals surface area (Å²) in [7, 11) is -3.44. The number of aromatic amines is 1. The van der Waals surface area contributed by atoms with Crippen LogP contribution >= 0.6 is 0 Å². The van der Waals surface area contributed by atoms with Crippen LogP contribution in [0.1, 0.15) is 24.1 Å². The minimum Gasteiger partial charge on any atom is -0.378 e. The second kappa shape index (κ2) is 10.2. The van der Waals surface area contributed by atoms with E-state index in [0.717, 1.165) is 54.3 Å². The number of sulfonamides is 1. The Balaban J connectivity index is 1.38. The van der Waals surface area contributed by atoms with E-state index in [9.17, 15) is 13.2 Å². The number of H-pyrrole nitrogens is 1. The van der Waals surface area contributed by atoms with Gasteiger partial charge < -0.3 is 19.9 Å². The Labute approximate surface area is 210 Å². The fourth-order valence-corrected chi connectivity index (χ4v) is 5.13. The van der Waals surface area contributed by atoms with Crippen molar-refractivity contribution < 1.29 is 17.9 Å². The molecule has 11 heteroatoms. The van der Waals surface area contributed by atoms with Crippen LogP contribution in [-0.2, 0) is 14.8 Å². The first-order chi connectivity index (χ1) is 17.4. The maximum Gasteiger partial charge on any atom is 0.321 e. The van der Waals surface area contributed by atoms with Gasteiger partial charge in [-0.25, -0.2) is 13.2 Å². The van der Waals surface area contributed by atoms with Crippen molar-refractivity contribution in [1.82, 2.24) is 15.1 Å². The molecule has 2 fully saturated rings. The number of hydrogen-bond donors (Lipinski definition) is 3. The molecule has 2 aliphatic rings. The van der Waals surface area contributed by atoms with Gasteiger partial charge in [0.25, 0.3) is 0 Å². The number of urea groups is 1. The van der Waals surface area contributed by atoms with Crippen molar-refractivity contribution in [3.05, 3.63) is 47.7 Å². The molecule has 2 aromatic carbocycles. The summed E-state index contributed by atoms with van der Waals surface area (Å²) in [6, 6.07) is 11.2. The van der Waals surface area contributed by atoms with Gasteiger partial charge in [0, 0.05) is 37.3 Å². The maximum atomic E-state index is 12.5. The van der Waals surface area contributed by atoms with Crippen molar-refractivity contribution >= 4 is 56.2 Å². The molecular weight excluding hydrogens is 480 g/mol. The third-order valence-corrected chi connectivity index (χ3v) is 6.91. The van der Waals surface area contributed by atoms with Gasteiger partial charge in [-0.15, -0.1) is 0 Å². The zero-order chi connectivity index (χ0) is 25.1. The quantitative estimate of drug-likeness (QED) is 0.466. The van der Waals surface area contributed by atoms with Crippen LogP contribution in [0, 0.1) is 0 Å². The average molecular weight is 511 g/mol. The fraction of sp³-hybridized carbons (Fsp3) is 0.360. The maximum absolute atomic E-state index is 12.5. The number of morpholine rings is 1. The number of hydrogen-bond acceptors (Lipinski definition) is 6. The highest BCUT2D eigenvalue weighted by molar-refractivity contribution is 7.92. The van der Waals surface area contributed by atoms with Gasteiger partial charge in [0.05, 0.1) is 42.1 Å². The molecule has 0 radical (unpaired) electrons. The second-order valence-corrected chi connectivity index (χ2v) is 10.8. The molecule has 0 atom stereocenters. The molecule has 10 nitrogen and oxygen atoms in total. The number of carbonyl (C=O) groups is 1. The highest BCUT2D eigenvalue weighted by Gasteiger charge is 2.20. The number of rotatable bonds is 6. The van der Waals surface area contributed by atoms with Gasteiger partial charge in [-0.1, -0.05) is 18.2 Å². The first-order valence-electron chi connectivity index (χ1n) is 12.0. The molecule has 5 rings (SSSR count). The Hall–Kier alpha value is -3.57. The molecule has 0 spiro atoms. The van der Waals surface area contributed by atoms with E-state index in [-0.39, 0.29) is 6.03 Å². The molecule has 3 N–H and O–H groups in total. The predicted molar refractivity (Wildman–Crippen MR) is 143 cm³/mol. The topological polar surface area (TPSA) is 120 Å². The van der Waals surface area contributed by atoms with Crippen LogP contribution in [0.4, 0.5) is 21.9 Å². The Kier molecular flexibility index (Phi) is 6.84. The summed E-state index contributed by atoms with van der Waals surface area (Å²) in [6.45, 7) is 4.04. The predicted octanol–water partition coefficient (Wildman–Crippen LogP) is 3.57. The van der Waals surface area contributed by atoms with E-state index in [0.29, 0.717) is 43.4 Å². The van der Waals surface area contributed by atoms with Crippen LogP contribution in [0.5, 0.6) is 0 Å². The molecule has 3 aromatic rings. The zero-order valence-corrected chi connectivity index (χ0v) is 21.0. The molecule has 36 heavy (non-hydrogen) atoms. The van der Waals surface area contributed by atoms with Crippen LogP contribution in [0.3, 0.4) is 0 Å². The Morgan fingerprint density at radius 1 is 1.08 bits per heavy atom. The van der Waals surface area contributed by atoms with Crippen LogP contribution < -0.4 is 14.9 Å². The molecule has 0 saturated carbocycles. The number of anilines is 3. The summed E-state index contributed by atoms with van der Waals surface area (Å²) < 4.78 is 32.1. The largest absolute Gasteiger partial charge is 0.378 e. The van der Waals surface area contributed by atoms with Crippen LogP contribution in [-0.4, -0.2) is 75.2 Å².